The molecule has 0 bridgehead atoms. The summed E-state index contributed by atoms with van der Waals surface area (Å²) in [5.41, 5.74) is 1.14. The van der Waals surface area contributed by atoms with Crippen molar-refractivity contribution in [2.45, 2.75) is 31.5 Å². The molecule has 1 aliphatic carbocycles. The molecular weight excluding hydrogens is 350 g/mol. The van der Waals surface area contributed by atoms with E-state index in [2.05, 4.69) is 37.2 Å². The predicted molar refractivity (Wildman–Crippen MR) is 74.2 cm³/mol. The van der Waals surface area contributed by atoms with Crippen molar-refractivity contribution < 1.29 is 9.84 Å². The van der Waals surface area contributed by atoms with E-state index < -0.39 is 0 Å². The number of hydrogen-bond acceptors (Lipinski definition) is 3. The van der Waals surface area contributed by atoms with Gasteiger partial charge < -0.3 is 15.2 Å². The molecule has 3 nitrogen and oxygen atoms in total. The highest BCUT2D eigenvalue weighted by molar-refractivity contribution is 9.11. The lowest BCUT2D eigenvalue weighted by atomic mass is 9.89. The lowest BCUT2D eigenvalue weighted by Crippen LogP contribution is -2.44. The molecule has 0 atom stereocenters. The maximum Gasteiger partial charge on any atom is 0.143 e. The summed E-state index contributed by atoms with van der Waals surface area (Å²) in [7, 11) is 1.76. The van der Waals surface area contributed by atoms with Crippen molar-refractivity contribution in [3.05, 3.63) is 26.6 Å². The van der Waals surface area contributed by atoms with Gasteiger partial charge in [-0.2, -0.15) is 0 Å². The lowest BCUT2D eigenvalue weighted by Gasteiger charge is -2.34. The fraction of sp³-hybridized carbons (Fsp3) is 0.500. The Bertz CT molecular complexity index is 382. The zero-order valence-electron chi connectivity index (χ0n) is 9.54. The molecule has 1 fully saturated rings. The van der Waals surface area contributed by atoms with Gasteiger partial charge in [-0.15, -0.1) is 0 Å². The number of benzene rings is 1. The molecule has 0 saturated heterocycles. The molecule has 0 aliphatic heterocycles. The number of hydrogen-bond donors (Lipinski definition) is 2. The summed E-state index contributed by atoms with van der Waals surface area (Å²) in [5, 5.41) is 13.1. The Morgan fingerprint density at radius 2 is 1.94 bits per heavy atom. The molecule has 1 saturated carbocycles. The molecule has 0 radical (unpaired) electrons. The second kappa shape index (κ2) is 5.69. The van der Waals surface area contributed by atoms with Gasteiger partial charge >= 0.3 is 0 Å². The predicted octanol–water partition coefficient (Wildman–Crippen LogP) is 3.18. The first kappa shape index (κ1) is 13.3. The number of aromatic hydroxyl groups is 1. The van der Waals surface area contributed by atoms with E-state index in [1.165, 1.54) is 0 Å². The Kier molecular flexibility index (Phi) is 4.47. The fourth-order valence-corrected chi connectivity index (χ4v) is 3.19. The topological polar surface area (TPSA) is 41.5 Å². The molecule has 17 heavy (non-hydrogen) atoms. The van der Waals surface area contributed by atoms with Gasteiger partial charge in [-0.1, -0.05) is 0 Å². The monoisotopic (exact) mass is 363 g/mol. The molecule has 0 unspecified atom stereocenters. The van der Waals surface area contributed by atoms with Gasteiger partial charge in [0.05, 0.1) is 15.0 Å². The van der Waals surface area contributed by atoms with Crippen LogP contribution in [0.15, 0.2) is 21.1 Å². The number of halogens is 2. The Labute approximate surface area is 118 Å². The number of ether oxygens (including phenoxy) is 1. The molecule has 94 valence electrons. The van der Waals surface area contributed by atoms with Gasteiger partial charge in [0.2, 0.25) is 0 Å². The Morgan fingerprint density at radius 1 is 1.35 bits per heavy atom. The van der Waals surface area contributed by atoms with Crippen LogP contribution < -0.4 is 5.32 Å². The van der Waals surface area contributed by atoms with Crippen molar-refractivity contribution in [3.63, 3.8) is 0 Å². The quantitative estimate of drug-likeness (QED) is 0.862. The van der Waals surface area contributed by atoms with E-state index in [9.17, 15) is 5.11 Å². The minimum Gasteiger partial charge on any atom is -0.506 e. The highest BCUT2D eigenvalue weighted by Gasteiger charge is 2.28. The number of methoxy groups -OCH3 is 1. The first-order chi connectivity index (χ1) is 8.10. The van der Waals surface area contributed by atoms with Crippen molar-refractivity contribution in [1.29, 1.82) is 0 Å². The number of nitrogens with one attached hydrogen (secondary N) is 1. The maximum atomic E-state index is 9.60. The van der Waals surface area contributed by atoms with Crippen LogP contribution in [0.25, 0.3) is 0 Å². The summed E-state index contributed by atoms with van der Waals surface area (Å²) in [6.45, 7) is 0.804. The van der Waals surface area contributed by atoms with E-state index in [4.69, 9.17) is 4.74 Å². The number of rotatable bonds is 4. The van der Waals surface area contributed by atoms with Crippen LogP contribution in [0.5, 0.6) is 5.75 Å². The second-order valence-corrected chi connectivity index (χ2v) is 6.02. The molecule has 2 N–H and O–H groups in total. The van der Waals surface area contributed by atoms with Crippen molar-refractivity contribution in [2.24, 2.45) is 0 Å². The summed E-state index contributed by atoms with van der Waals surface area (Å²) in [4.78, 5) is 0. The van der Waals surface area contributed by atoms with E-state index in [1.54, 1.807) is 7.11 Å². The van der Waals surface area contributed by atoms with Gasteiger partial charge in [0.1, 0.15) is 5.75 Å². The maximum absolute atomic E-state index is 9.60. The molecule has 0 amide bonds. The van der Waals surface area contributed by atoms with E-state index >= 15 is 0 Å². The Morgan fingerprint density at radius 3 is 2.47 bits per heavy atom. The van der Waals surface area contributed by atoms with E-state index in [0.29, 0.717) is 21.1 Å². The normalized spacial score (nSPS) is 23.5. The highest BCUT2D eigenvalue weighted by Crippen LogP contribution is 2.33. The van der Waals surface area contributed by atoms with Gasteiger partial charge in [-0.3, -0.25) is 0 Å². The first-order valence-electron chi connectivity index (χ1n) is 5.53. The molecule has 2 rings (SSSR count). The third-order valence-corrected chi connectivity index (χ3v) is 4.31. The molecule has 0 heterocycles. The Hall–Kier alpha value is -0.100. The van der Waals surface area contributed by atoms with Gasteiger partial charge in [-0.05, 0) is 62.4 Å². The summed E-state index contributed by atoms with van der Waals surface area (Å²) >= 11 is 6.66. The van der Waals surface area contributed by atoms with Crippen molar-refractivity contribution >= 4 is 31.9 Å². The van der Waals surface area contributed by atoms with Crippen LogP contribution >= 0.6 is 31.9 Å². The number of phenolic OH excluding ortho intramolecular Hbond substituents is 1. The smallest absolute Gasteiger partial charge is 0.143 e. The van der Waals surface area contributed by atoms with Crippen LogP contribution in [0.2, 0.25) is 0 Å². The zero-order chi connectivity index (χ0) is 12.4. The lowest BCUT2D eigenvalue weighted by molar-refractivity contribution is 0.0170. The molecule has 0 aromatic heterocycles. The van der Waals surface area contributed by atoms with Crippen molar-refractivity contribution in [3.8, 4) is 5.75 Å². The summed E-state index contributed by atoms with van der Waals surface area (Å²) in [6.07, 6.45) is 2.58. The fourth-order valence-electron chi connectivity index (χ4n) is 1.91. The average molecular weight is 365 g/mol. The molecule has 1 aliphatic rings. The molecule has 1 aromatic carbocycles. The summed E-state index contributed by atoms with van der Waals surface area (Å²) in [6, 6.07) is 4.41. The minimum atomic E-state index is 0.247. The standard InChI is InChI=1S/C12H15Br2NO2/c1-17-9-4-8(5-9)15-6-7-2-10(13)12(16)11(14)3-7/h2-3,8-9,15-16H,4-6H2,1H3. The average Bonchev–Trinajstić information content (AvgIpc) is 2.24. The van der Waals surface area contributed by atoms with Crippen LogP contribution in [-0.4, -0.2) is 24.4 Å². The Balaban J connectivity index is 1.88. The largest absolute Gasteiger partial charge is 0.506 e. The van der Waals surface area contributed by atoms with Crippen LogP contribution in [-0.2, 0) is 11.3 Å². The SMILES string of the molecule is COC1CC(NCc2cc(Br)c(O)c(Br)c2)C1. The van der Waals surface area contributed by atoms with E-state index in [-0.39, 0.29) is 5.75 Å². The van der Waals surface area contributed by atoms with Crippen LogP contribution in [0.1, 0.15) is 18.4 Å². The van der Waals surface area contributed by atoms with Gasteiger partial charge in [0.25, 0.3) is 0 Å². The molecular formula is C12H15Br2NO2. The number of phenols is 1. The van der Waals surface area contributed by atoms with E-state index in [1.807, 2.05) is 12.1 Å². The van der Waals surface area contributed by atoms with E-state index in [0.717, 1.165) is 24.9 Å². The summed E-state index contributed by atoms with van der Waals surface area (Å²) in [5.74, 6) is 0.247. The third kappa shape index (κ3) is 3.22. The van der Waals surface area contributed by atoms with Gasteiger partial charge in [0, 0.05) is 19.7 Å². The molecule has 0 spiro atoms. The van der Waals surface area contributed by atoms with Gasteiger partial charge in [-0.25, -0.2) is 0 Å². The highest BCUT2D eigenvalue weighted by atomic mass is 79.9. The second-order valence-electron chi connectivity index (χ2n) is 4.32. The van der Waals surface area contributed by atoms with Crippen molar-refractivity contribution in [2.75, 3.05) is 7.11 Å². The van der Waals surface area contributed by atoms with Crippen LogP contribution in [0, 0.1) is 0 Å². The first-order valence-corrected chi connectivity index (χ1v) is 7.11. The molecule has 5 heteroatoms. The molecule has 1 aromatic rings. The van der Waals surface area contributed by atoms with Gasteiger partial charge in [0.15, 0.2) is 0 Å². The van der Waals surface area contributed by atoms with Crippen molar-refractivity contribution in [1.82, 2.24) is 5.32 Å². The third-order valence-electron chi connectivity index (χ3n) is 3.10. The van der Waals surface area contributed by atoms with Crippen LogP contribution in [0.3, 0.4) is 0 Å². The minimum absolute atomic E-state index is 0.247. The zero-order valence-corrected chi connectivity index (χ0v) is 12.7. The summed E-state index contributed by atoms with van der Waals surface area (Å²) < 4.78 is 6.66. The van der Waals surface area contributed by atoms with Crippen LogP contribution in [0.4, 0.5) is 0 Å².